The van der Waals surface area contributed by atoms with E-state index in [9.17, 15) is 4.39 Å². The Hall–Kier alpha value is -1.09. The summed E-state index contributed by atoms with van der Waals surface area (Å²) in [4.78, 5) is 0. The van der Waals surface area contributed by atoms with Crippen LogP contribution in [-0.2, 0) is 6.42 Å². The van der Waals surface area contributed by atoms with Crippen molar-refractivity contribution in [3.05, 3.63) is 69.5 Å². The molecule has 1 atom stereocenters. The molecule has 20 heavy (non-hydrogen) atoms. The third-order valence-electron chi connectivity index (χ3n) is 3.18. The number of hydrogen-bond acceptors (Lipinski definition) is 1. The Labute approximate surface area is 128 Å². The fourth-order valence-electron chi connectivity index (χ4n) is 2.25. The van der Waals surface area contributed by atoms with Gasteiger partial charge in [-0.2, -0.15) is 0 Å². The largest absolute Gasteiger partial charge is 0.310 e. The van der Waals surface area contributed by atoms with Crippen LogP contribution in [0.3, 0.4) is 0 Å². The van der Waals surface area contributed by atoms with Crippen molar-refractivity contribution in [3.8, 4) is 0 Å². The molecule has 1 N–H and O–H groups in total. The van der Waals surface area contributed by atoms with Gasteiger partial charge in [0, 0.05) is 21.7 Å². The number of likely N-dealkylation sites (N-methyl/N-ethyl adjacent to an activating group) is 1. The predicted octanol–water partition coefficient (Wildman–Crippen LogP) is 5.03. The molecule has 106 valence electrons. The molecular formula is C16H16Cl2FN. The van der Waals surface area contributed by atoms with Crippen molar-refractivity contribution < 1.29 is 4.39 Å². The van der Waals surface area contributed by atoms with E-state index in [-0.39, 0.29) is 11.9 Å². The minimum atomic E-state index is -0.296. The van der Waals surface area contributed by atoms with Crippen molar-refractivity contribution in [2.24, 2.45) is 0 Å². The van der Waals surface area contributed by atoms with Crippen LogP contribution in [0.2, 0.25) is 10.0 Å². The molecule has 1 nitrogen and oxygen atoms in total. The fraction of sp³-hybridized carbons (Fsp3) is 0.250. The molecule has 0 saturated carbocycles. The van der Waals surface area contributed by atoms with Crippen molar-refractivity contribution >= 4 is 23.2 Å². The lowest BCUT2D eigenvalue weighted by molar-refractivity contribution is 0.510. The minimum absolute atomic E-state index is 0.200. The number of hydrogen-bond donors (Lipinski definition) is 1. The van der Waals surface area contributed by atoms with Gasteiger partial charge >= 0.3 is 0 Å². The summed E-state index contributed by atoms with van der Waals surface area (Å²) in [6, 6.07) is 12.1. The maximum Gasteiger partial charge on any atom is 0.129 e. The second-order valence-electron chi connectivity index (χ2n) is 4.54. The van der Waals surface area contributed by atoms with Gasteiger partial charge in [-0.15, -0.1) is 0 Å². The second-order valence-corrected chi connectivity index (χ2v) is 5.36. The molecule has 4 heteroatoms. The molecule has 0 aliphatic rings. The van der Waals surface area contributed by atoms with Crippen LogP contribution in [0.5, 0.6) is 0 Å². The van der Waals surface area contributed by atoms with Crippen LogP contribution in [0.15, 0.2) is 42.5 Å². The van der Waals surface area contributed by atoms with E-state index in [0.29, 0.717) is 22.0 Å². The Balaban J connectivity index is 2.35. The molecule has 0 spiro atoms. The molecule has 0 amide bonds. The summed E-state index contributed by atoms with van der Waals surface area (Å²) in [5.41, 5.74) is 1.47. The highest BCUT2D eigenvalue weighted by molar-refractivity contribution is 6.31. The van der Waals surface area contributed by atoms with Gasteiger partial charge < -0.3 is 5.32 Å². The van der Waals surface area contributed by atoms with Crippen LogP contribution in [-0.4, -0.2) is 6.54 Å². The first-order chi connectivity index (χ1) is 9.63. The van der Waals surface area contributed by atoms with Crippen LogP contribution >= 0.6 is 23.2 Å². The molecular weight excluding hydrogens is 296 g/mol. The zero-order chi connectivity index (χ0) is 14.5. The van der Waals surface area contributed by atoms with Crippen molar-refractivity contribution in [1.29, 1.82) is 0 Å². The summed E-state index contributed by atoms with van der Waals surface area (Å²) in [5, 5.41) is 4.39. The summed E-state index contributed by atoms with van der Waals surface area (Å²) >= 11 is 12.3. The molecule has 0 fully saturated rings. The normalized spacial score (nSPS) is 12.4. The lowest BCUT2D eigenvalue weighted by Gasteiger charge is -2.21. The van der Waals surface area contributed by atoms with Crippen LogP contribution in [0.4, 0.5) is 4.39 Å². The molecule has 2 aromatic carbocycles. The van der Waals surface area contributed by atoms with Gasteiger partial charge in [0.25, 0.3) is 0 Å². The average Bonchev–Trinajstić information content (AvgIpc) is 2.41. The molecule has 0 radical (unpaired) electrons. The summed E-state index contributed by atoms with van der Waals surface area (Å²) < 4.78 is 14.1. The van der Waals surface area contributed by atoms with E-state index in [2.05, 4.69) is 5.32 Å². The maximum atomic E-state index is 14.1. The topological polar surface area (TPSA) is 12.0 Å². The standard InChI is InChI=1S/C16H16Cl2FN/c1-2-20-15(10-11-6-3-4-7-12(11)17)16-13(18)8-5-9-14(16)19/h3-9,15,20H,2,10H2,1H3. The Bertz CT molecular complexity index is 566. The van der Waals surface area contributed by atoms with Gasteiger partial charge in [0.1, 0.15) is 5.82 Å². The summed E-state index contributed by atoms with van der Waals surface area (Å²) in [6.07, 6.45) is 0.591. The van der Waals surface area contributed by atoms with Crippen LogP contribution < -0.4 is 5.32 Å². The third kappa shape index (κ3) is 3.51. The predicted molar refractivity (Wildman–Crippen MR) is 83.0 cm³/mol. The van der Waals surface area contributed by atoms with Gasteiger partial charge in [0.15, 0.2) is 0 Å². The average molecular weight is 312 g/mol. The van der Waals surface area contributed by atoms with Crippen molar-refractivity contribution in [1.82, 2.24) is 5.32 Å². The van der Waals surface area contributed by atoms with E-state index in [0.717, 1.165) is 12.1 Å². The van der Waals surface area contributed by atoms with E-state index < -0.39 is 0 Å². The van der Waals surface area contributed by atoms with Crippen molar-refractivity contribution in [2.45, 2.75) is 19.4 Å². The minimum Gasteiger partial charge on any atom is -0.310 e. The smallest absolute Gasteiger partial charge is 0.129 e. The Kier molecular flexibility index (Phi) is 5.41. The van der Waals surface area contributed by atoms with E-state index >= 15 is 0 Å². The molecule has 0 bridgehead atoms. The van der Waals surface area contributed by atoms with Gasteiger partial charge in [-0.1, -0.05) is 54.4 Å². The highest BCUT2D eigenvalue weighted by Gasteiger charge is 2.19. The Morgan fingerprint density at radius 2 is 1.75 bits per heavy atom. The summed E-state index contributed by atoms with van der Waals surface area (Å²) in [5.74, 6) is -0.296. The summed E-state index contributed by atoms with van der Waals surface area (Å²) in [7, 11) is 0. The van der Waals surface area contributed by atoms with Gasteiger partial charge in [-0.3, -0.25) is 0 Å². The van der Waals surface area contributed by atoms with Gasteiger partial charge in [-0.05, 0) is 36.7 Å². The highest BCUT2D eigenvalue weighted by atomic mass is 35.5. The first kappa shape index (κ1) is 15.3. The lowest BCUT2D eigenvalue weighted by Crippen LogP contribution is -2.24. The van der Waals surface area contributed by atoms with E-state index in [1.807, 2.05) is 31.2 Å². The van der Waals surface area contributed by atoms with Crippen LogP contribution in [0.1, 0.15) is 24.1 Å². The monoisotopic (exact) mass is 311 g/mol. The third-order valence-corrected chi connectivity index (χ3v) is 3.88. The highest BCUT2D eigenvalue weighted by Crippen LogP contribution is 2.30. The first-order valence-corrected chi connectivity index (χ1v) is 7.29. The lowest BCUT2D eigenvalue weighted by atomic mass is 9.98. The quantitative estimate of drug-likeness (QED) is 0.817. The van der Waals surface area contributed by atoms with Gasteiger partial charge in [0.05, 0.1) is 0 Å². The van der Waals surface area contributed by atoms with Crippen molar-refractivity contribution in [2.75, 3.05) is 6.54 Å². The van der Waals surface area contributed by atoms with Gasteiger partial charge in [-0.25, -0.2) is 4.39 Å². The van der Waals surface area contributed by atoms with E-state index in [4.69, 9.17) is 23.2 Å². The van der Waals surface area contributed by atoms with Gasteiger partial charge in [0.2, 0.25) is 0 Å². The molecule has 0 saturated heterocycles. The molecule has 0 aliphatic carbocycles. The number of benzene rings is 2. The maximum absolute atomic E-state index is 14.1. The molecule has 1 unspecified atom stereocenters. The van der Waals surface area contributed by atoms with E-state index in [1.165, 1.54) is 6.07 Å². The fourth-order valence-corrected chi connectivity index (χ4v) is 2.76. The molecule has 0 aliphatic heterocycles. The second kappa shape index (κ2) is 7.07. The molecule has 0 heterocycles. The molecule has 0 aromatic heterocycles. The molecule has 2 rings (SSSR count). The summed E-state index contributed by atoms with van der Waals surface area (Å²) in [6.45, 7) is 2.70. The number of rotatable bonds is 5. The SMILES string of the molecule is CCNC(Cc1ccccc1Cl)c1c(F)cccc1Cl. The zero-order valence-electron chi connectivity index (χ0n) is 11.2. The van der Waals surface area contributed by atoms with Crippen molar-refractivity contribution in [3.63, 3.8) is 0 Å². The van der Waals surface area contributed by atoms with E-state index in [1.54, 1.807) is 12.1 Å². The Morgan fingerprint density at radius 3 is 2.40 bits per heavy atom. The Morgan fingerprint density at radius 1 is 1.05 bits per heavy atom. The zero-order valence-corrected chi connectivity index (χ0v) is 12.7. The molecule has 2 aromatic rings. The van der Waals surface area contributed by atoms with Crippen LogP contribution in [0.25, 0.3) is 0 Å². The van der Waals surface area contributed by atoms with Crippen LogP contribution in [0, 0.1) is 5.82 Å². The number of nitrogens with one attached hydrogen (secondary N) is 1. The first-order valence-electron chi connectivity index (χ1n) is 6.54. The number of halogens is 3.